The highest BCUT2D eigenvalue weighted by molar-refractivity contribution is 6.43. The topological polar surface area (TPSA) is 79.4 Å². The summed E-state index contributed by atoms with van der Waals surface area (Å²) >= 11 is 0. The maximum absolute atomic E-state index is 11.9. The molecular weight excluding hydrogens is 244 g/mol. The Bertz CT molecular complexity index is 592. The molecule has 0 bridgehead atoms. The van der Waals surface area contributed by atoms with E-state index in [1.54, 1.807) is 6.20 Å². The van der Waals surface area contributed by atoms with Crippen LogP contribution in [-0.2, 0) is 9.63 Å². The second-order valence-corrected chi connectivity index (χ2v) is 4.19. The third-order valence-corrected chi connectivity index (χ3v) is 2.86. The predicted molar refractivity (Wildman–Crippen MR) is 69.5 cm³/mol. The Morgan fingerprint density at radius 2 is 2.21 bits per heavy atom. The largest absolute Gasteiger partial charge is 0.387 e. The number of aromatic nitrogens is 2. The maximum atomic E-state index is 11.9. The van der Waals surface area contributed by atoms with E-state index in [1.807, 2.05) is 30.3 Å². The first-order valence-electron chi connectivity index (χ1n) is 5.90. The van der Waals surface area contributed by atoms with Gasteiger partial charge in [-0.25, -0.2) is 0 Å². The van der Waals surface area contributed by atoms with E-state index < -0.39 is 0 Å². The minimum Gasteiger partial charge on any atom is -0.387 e. The molecule has 0 spiro atoms. The molecule has 1 aromatic carbocycles. The molecule has 0 radical (unpaired) electrons. The Labute approximate surface area is 109 Å². The highest BCUT2D eigenvalue weighted by Gasteiger charge is 2.27. The highest BCUT2D eigenvalue weighted by atomic mass is 16.6. The Balaban J connectivity index is 1.64. The lowest BCUT2D eigenvalue weighted by Crippen LogP contribution is -2.21. The van der Waals surface area contributed by atoms with Crippen molar-refractivity contribution < 1.29 is 9.63 Å². The summed E-state index contributed by atoms with van der Waals surface area (Å²) in [5, 5.41) is 12.9. The van der Waals surface area contributed by atoms with Crippen LogP contribution in [0.2, 0.25) is 0 Å². The molecule has 2 N–H and O–H groups in total. The molecule has 1 amide bonds. The molecule has 0 aliphatic carbocycles. The van der Waals surface area contributed by atoms with E-state index >= 15 is 0 Å². The van der Waals surface area contributed by atoms with Crippen molar-refractivity contribution in [1.82, 2.24) is 10.2 Å². The number of carbonyl (C=O) groups is 1. The average molecular weight is 256 g/mol. The fraction of sp³-hybridized carbons (Fsp3) is 0.154. The summed E-state index contributed by atoms with van der Waals surface area (Å²) in [6.07, 6.45) is 3.41. The zero-order valence-electron chi connectivity index (χ0n) is 10.0. The first kappa shape index (κ1) is 11.5. The fourth-order valence-corrected chi connectivity index (χ4v) is 1.88. The van der Waals surface area contributed by atoms with Crippen molar-refractivity contribution in [3.63, 3.8) is 0 Å². The van der Waals surface area contributed by atoms with Crippen LogP contribution in [0.1, 0.15) is 18.1 Å². The van der Waals surface area contributed by atoms with Crippen molar-refractivity contribution in [3.8, 4) is 0 Å². The van der Waals surface area contributed by atoms with Crippen LogP contribution in [0, 0.1) is 0 Å². The Hall–Kier alpha value is -2.63. The summed E-state index contributed by atoms with van der Waals surface area (Å²) in [5.41, 5.74) is 2.00. The van der Waals surface area contributed by atoms with E-state index in [4.69, 9.17) is 4.84 Å². The molecular formula is C13H12N4O2. The Morgan fingerprint density at radius 3 is 2.95 bits per heavy atom. The molecule has 1 unspecified atom stereocenters. The van der Waals surface area contributed by atoms with E-state index in [2.05, 4.69) is 20.7 Å². The molecule has 2 heterocycles. The zero-order chi connectivity index (χ0) is 13.1. The third kappa shape index (κ3) is 2.47. The van der Waals surface area contributed by atoms with Gasteiger partial charge in [-0.1, -0.05) is 35.5 Å². The number of aromatic amines is 1. The molecule has 19 heavy (non-hydrogen) atoms. The normalized spacial score (nSPS) is 17.7. The lowest BCUT2D eigenvalue weighted by atomic mass is 10.0. The van der Waals surface area contributed by atoms with Crippen LogP contribution < -0.4 is 5.32 Å². The van der Waals surface area contributed by atoms with Crippen molar-refractivity contribution in [3.05, 3.63) is 48.3 Å². The summed E-state index contributed by atoms with van der Waals surface area (Å²) < 4.78 is 0. The smallest absolute Gasteiger partial charge is 0.273 e. The van der Waals surface area contributed by atoms with Crippen LogP contribution in [0.4, 0.5) is 5.69 Å². The number of nitrogens with zero attached hydrogens (tertiary/aromatic N) is 2. The monoisotopic (exact) mass is 256 g/mol. The van der Waals surface area contributed by atoms with E-state index in [9.17, 15) is 4.79 Å². The summed E-state index contributed by atoms with van der Waals surface area (Å²) in [6.45, 7) is 0. The van der Waals surface area contributed by atoms with E-state index in [-0.39, 0.29) is 12.0 Å². The number of rotatable bonds is 3. The molecule has 2 aromatic rings. The van der Waals surface area contributed by atoms with Crippen molar-refractivity contribution in [2.75, 3.05) is 5.32 Å². The Morgan fingerprint density at radius 1 is 1.37 bits per heavy atom. The van der Waals surface area contributed by atoms with Crippen LogP contribution in [0.15, 0.2) is 47.9 Å². The molecule has 6 nitrogen and oxygen atoms in total. The van der Waals surface area contributed by atoms with Gasteiger partial charge in [-0.15, -0.1) is 0 Å². The highest BCUT2D eigenvalue weighted by Crippen LogP contribution is 2.27. The lowest BCUT2D eigenvalue weighted by molar-refractivity contribution is -0.110. The van der Waals surface area contributed by atoms with E-state index in [1.165, 1.54) is 6.20 Å². The molecule has 1 atom stereocenters. The van der Waals surface area contributed by atoms with Gasteiger partial charge in [0.15, 0.2) is 6.10 Å². The number of hydrogen-bond donors (Lipinski definition) is 2. The molecule has 0 fully saturated rings. The lowest BCUT2D eigenvalue weighted by Gasteiger charge is -2.07. The van der Waals surface area contributed by atoms with Crippen molar-refractivity contribution in [2.24, 2.45) is 5.16 Å². The van der Waals surface area contributed by atoms with Gasteiger partial charge < -0.3 is 10.2 Å². The second-order valence-electron chi connectivity index (χ2n) is 4.19. The zero-order valence-corrected chi connectivity index (χ0v) is 10.0. The number of benzene rings is 1. The van der Waals surface area contributed by atoms with Crippen LogP contribution in [-0.4, -0.2) is 21.8 Å². The van der Waals surface area contributed by atoms with Gasteiger partial charge in [-0.2, -0.15) is 5.10 Å². The van der Waals surface area contributed by atoms with Crippen molar-refractivity contribution >= 4 is 17.3 Å². The number of oxime groups is 1. The number of hydrogen-bond acceptors (Lipinski definition) is 4. The first-order valence-corrected chi connectivity index (χ1v) is 5.90. The van der Waals surface area contributed by atoms with Gasteiger partial charge >= 0.3 is 0 Å². The number of H-pyrrole nitrogens is 1. The summed E-state index contributed by atoms with van der Waals surface area (Å²) in [4.78, 5) is 17.2. The fourth-order valence-electron chi connectivity index (χ4n) is 1.88. The summed E-state index contributed by atoms with van der Waals surface area (Å²) in [7, 11) is 0. The number of amides is 1. The van der Waals surface area contributed by atoms with E-state index in [0.29, 0.717) is 17.8 Å². The summed E-state index contributed by atoms with van der Waals surface area (Å²) in [5.74, 6) is -0.264. The van der Waals surface area contributed by atoms with Crippen molar-refractivity contribution in [2.45, 2.75) is 12.5 Å². The van der Waals surface area contributed by atoms with Gasteiger partial charge in [0.25, 0.3) is 5.91 Å². The van der Waals surface area contributed by atoms with Gasteiger partial charge in [0.05, 0.1) is 11.9 Å². The Kier molecular flexibility index (Phi) is 2.97. The van der Waals surface area contributed by atoms with Crippen molar-refractivity contribution in [1.29, 1.82) is 0 Å². The SMILES string of the molecule is O=C(Nc1cn[nH]c1)C1=NOC(c2ccccc2)C1. The molecule has 96 valence electrons. The van der Waals surface area contributed by atoms with Crippen LogP contribution >= 0.6 is 0 Å². The first-order chi connectivity index (χ1) is 9.33. The average Bonchev–Trinajstić information content (AvgIpc) is 3.10. The standard InChI is InChI=1S/C13H12N4O2/c18-13(16-10-7-14-15-8-10)11-6-12(19-17-11)9-4-2-1-3-5-9/h1-5,7-8,12H,6H2,(H,14,15)(H,16,18). The maximum Gasteiger partial charge on any atom is 0.273 e. The van der Waals surface area contributed by atoms with Gasteiger partial charge in [0.2, 0.25) is 0 Å². The van der Waals surface area contributed by atoms with Crippen LogP contribution in [0.25, 0.3) is 0 Å². The van der Waals surface area contributed by atoms with Crippen LogP contribution in [0.5, 0.6) is 0 Å². The van der Waals surface area contributed by atoms with Gasteiger partial charge in [0, 0.05) is 12.6 Å². The number of carbonyl (C=O) groups excluding carboxylic acids is 1. The molecule has 1 aliphatic rings. The number of nitrogens with one attached hydrogen (secondary N) is 2. The molecule has 0 saturated heterocycles. The predicted octanol–water partition coefficient (Wildman–Crippen LogP) is 1.87. The second kappa shape index (κ2) is 4.93. The minimum absolute atomic E-state index is 0.189. The molecule has 0 saturated carbocycles. The number of anilines is 1. The minimum atomic E-state index is -0.264. The van der Waals surface area contributed by atoms with Gasteiger partial charge in [-0.05, 0) is 5.56 Å². The third-order valence-electron chi connectivity index (χ3n) is 2.86. The van der Waals surface area contributed by atoms with Gasteiger partial charge in [-0.3, -0.25) is 9.89 Å². The van der Waals surface area contributed by atoms with E-state index in [0.717, 1.165) is 5.56 Å². The van der Waals surface area contributed by atoms with Gasteiger partial charge in [0.1, 0.15) is 5.71 Å². The quantitative estimate of drug-likeness (QED) is 0.879. The molecule has 3 rings (SSSR count). The molecule has 6 heteroatoms. The summed E-state index contributed by atoms with van der Waals surface area (Å²) in [6, 6.07) is 9.71. The molecule has 1 aromatic heterocycles. The van der Waals surface area contributed by atoms with Crippen LogP contribution in [0.3, 0.4) is 0 Å². The molecule has 1 aliphatic heterocycles.